The Bertz CT molecular complexity index is 1320. The second-order valence-corrected chi connectivity index (χ2v) is 8.06. The maximum absolute atomic E-state index is 12.4. The Balaban J connectivity index is 1.36. The van der Waals surface area contributed by atoms with Crippen molar-refractivity contribution in [1.29, 1.82) is 0 Å². The molecule has 0 atom stereocenters. The Morgan fingerprint density at radius 3 is 2.45 bits per heavy atom. The highest BCUT2D eigenvalue weighted by atomic mass is 79.9. The van der Waals surface area contributed by atoms with Crippen LogP contribution < -0.4 is 15.5 Å². The number of carbonyl (C=O) groups is 2. The van der Waals surface area contributed by atoms with Gasteiger partial charge in [0.2, 0.25) is 0 Å². The van der Waals surface area contributed by atoms with Crippen LogP contribution in [0.1, 0.15) is 15.9 Å². The number of benzene rings is 4. The number of nitrogens with zero attached hydrogens (tertiary/aromatic N) is 1. The van der Waals surface area contributed by atoms with Gasteiger partial charge in [-0.1, -0.05) is 64.5 Å². The average Bonchev–Trinajstić information content (AvgIpc) is 2.84. The van der Waals surface area contributed by atoms with Crippen LogP contribution in [0.4, 0.5) is 5.69 Å². The number of hydrazone groups is 1. The van der Waals surface area contributed by atoms with Crippen molar-refractivity contribution in [3.8, 4) is 5.75 Å². The molecule has 2 N–H and O–H groups in total. The zero-order valence-electron chi connectivity index (χ0n) is 17.5. The molecule has 4 rings (SSSR count). The summed E-state index contributed by atoms with van der Waals surface area (Å²) in [6.07, 6.45) is 1.44. The van der Waals surface area contributed by atoms with Gasteiger partial charge in [-0.05, 0) is 53.2 Å². The number of anilines is 1. The van der Waals surface area contributed by atoms with Gasteiger partial charge in [0, 0.05) is 15.7 Å². The number of halogens is 1. The van der Waals surface area contributed by atoms with Crippen molar-refractivity contribution >= 4 is 50.5 Å². The molecule has 1 amide bonds. The van der Waals surface area contributed by atoms with E-state index >= 15 is 0 Å². The molecule has 0 aliphatic carbocycles. The van der Waals surface area contributed by atoms with Crippen LogP contribution in [0.25, 0.3) is 10.8 Å². The molecular weight excluding hydrogens is 482 g/mol. The summed E-state index contributed by atoms with van der Waals surface area (Å²) in [4.78, 5) is 24.6. The molecule has 0 saturated carbocycles. The van der Waals surface area contributed by atoms with Gasteiger partial charge in [-0.15, -0.1) is 0 Å². The molecule has 4 aromatic rings. The predicted molar refractivity (Wildman–Crippen MR) is 134 cm³/mol. The topological polar surface area (TPSA) is 79.8 Å². The molecule has 0 fully saturated rings. The normalized spacial score (nSPS) is 10.8. The van der Waals surface area contributed by atoms with E-state index in [1.807, 2.05) is 48.5 Å². The molecule has 0 spiro atoms. The van der Waals surface area contributed by atoms with Crippen molar-refractivity contribution in [3.05, 3.63) is 107 Å². The molecule has 0 saturated heterocycles. The van der Waals surface area contributed by atoms with Gasteiger partial charge in [0.25, 0.3) is 5.91 Å². The summed E-state index contributed by atoms with van der Waals surface area (Å²) < 4.78 is 6.29. The molecule has 164 valence electrons. The molecule has 0 heterocycles. The number of nitrogens with one attached hydrogen (secondary N) is 2. The highest BCUT2D eigenvalue weighted by Gasteiger charge is 2.11. The summed E-state index contributed by atoms with van der Waals surface area (Å²) in [7, 11) is 0. The third-order valence-electron chi connectivity index (χ3n) is 4.78. The summed E-state index contributed by atoms with van der Waals surface area (Å²) in [6, 6.07) is 27.8. The highest BCUT2D eigenvalue weighted by molar-refractivity contribution is 9.10. The lowest BCUT2D eigenvalue weighted by molar-refractivity contribution is -0.119. The Hall–Kier alpha value is -3.97. The van der Waals surface area contributed by atoms with Crippen molar-refractivity contribution in [2.45, 2.75) is 0 Å². The Morgan fingerprint density at radius 2 is 1.64 bits per heavy atom. The summed E-state index contributed by atoms with van der Waals surface area (Å²) in [5.41, 5.74) is 4.30. The standard InChI is InChI=1S/C26H20BrN3O3/c27-22-11-13-24(33-26(32)19-7-2-1-3-8-19)21(14-22)16-29-30-25(31)17-28-23-12-10-18-6-4-5-9-20(18)15-23/h1-16,28H,17H2,(H,30,31). The van der Waals surface area contributed by atoms with E-state index in [9.17, 15) is 9.59 Å². The third kappa shape index (κ3) is 6.05. The largest absolute Gasteiger partial charge is 0.422 e. The van der Waals surface area contributed by atoms with Crippen molar-refractivity contribution in [3.63, 3.8) is 0 Å². The fourth-order valence-electron chi connectivity index (χ4n) is 3.14. The van der Waals surface area contributed by atoms with Crippen molar-refractivity contribution in [1.82, 2.24) is 5.43 Å². The number of ether oxygens (including phenoxy) is 1. The van der Waals surface area contributed by atoms with Crippen molar-refractivity contribution < 1.29 is 14.3 Å². The molecule has 0 aliphatic rings. The lowest BCUT2D eigenvalue weighted by Gasteiger charge is -2.08. The Morgan fingerprint density at radius 1 is 0.879 bits per heavy atom. The Labute approximate surface area is 199 Å². The molecule has 0 aromatic heterocycles. The van der Waals surface area contributed by atoms with Crippen LogP contribution in [0.15, 0.2) is 101 Å². The lowest BCUT2D eigenvalue weighted by atomic mass is 10.1. The molecule has 7 heteroatoms. The van der Waals surface area contributed by atoms with Crippen molar-refractivity contribution in [2.24, 2.45) is 5.10 Å². The first kappa shape index (κ1) is 22.2. The fourth-order valence-corrected chi connectivity index (χ4v) is 3.52. The van der Waals surface area contributed by atoms with Gasteiger partial charge in [-0.25, -0.2) is 10.2 Å². The first-order valence-electron chi connectivity index (χ1n) is 10.2. The number of fused-ring (bicyclic) bond motifs is 1. The van der Waals surface area contributed by atoms with Crippen LogP contribution >= 0.6 is 15.9 Å². The second-order valence-electron chi connectivity index (χ2n) is 7.15. The van der Waals surface area contributed by atoms with E-state index in [-0.39, 0.29) is 12.5 Å². The van der Waals surface area contributed by atoms with Gasteiger partial charge in [0.05, 0.1) is 18.3 Å². The van der Waals surface area contributed by atoms with E-state index in [2.05, 4.69) is 31.8 Å². The highest BCUT2D eigenvalue weighted by Crippen LogP contribution is 2.23. The zero-order chi connectivity index (χ0) is 23.0. The quantitative estimate of drug-likeness (QED) is 0.154. The minimum Gasteiger partial charge on any atom is -0.422 e. The van der Waals surface area contributed by atoms with Crippen LogP contribution in [0.5, 0.6) is 5.75 Å². The minimum atomic E-state index is -0.476. The minimum absolute atomic E-state index is 0.0595. The molecule has 0 aliphatic heterocycles. The van der Waals surface area contributed by atoms with E-state index in [4.69, 9.17) is 4.74 Å². The van der Waals surface area contributed by atoms with Gasteiger partial charge in [0.15, 0.2) is 0 Å². The maximum Gasteiger partial charge on any atom is 0.343 e. The molecule has 0 unspecified atom stereocenters. The fraction of sp³-hybridized carbons (Fsp3) is 0.0385. The lowest BCUT2D eigenvalue weighted by Crippen LogP contribution is -2.25. The number of rotatable bonds is 7. The summed E-state index contributed by atoms with van der Waals surface area (Å²) in [5, 5.41) is 9.32. The molecule has 6 nitrogen and oxygen atoms in total. The van der Waals surface area contributed by atoms with Crippen LogP contribution in [-0.4, -0.2) is 24.6 Å². The molecule has 0 radical (unpaired) electrons. The number of amides is 1. The van der Waals surface area contributed by atoms with Crippen LogP contribution in [0.3, 0.4) is 0 Å². The monoisotopic (exact) mass is 501 g/mol. The van der Waals surface area contributed by atoms with Gasteiger partial charge in [-0.3, -0.25) is 4.79 Å². The zero-order valence-corrected chi connectivity index (χ0v) is 19.1. The van der Waals surface area contributed by atoms with Gasteiger partial charge in [-0.2, -0.15) is 5.10 Å². The third-order valence-corrected chi connectivity index (χ3v) is 5.27. The van der Waals surface area contributed by atoms with E-state index < -0.39 is 5.97 Å². The van der Waals surface area contributed by atoms with E-state index in [1.165, 1.54) is 6.21 Å². The van der Waals surface area contributed by atoms with Crippen LogP contribution in [0.2, 0.25) is 0 Å². The number of carbonyl (C=O) groups excluding carboxylic acids is 2. The van der Waals surface area contributed by atoms with Crippen LogP contribution in [-0.2, 0) is 4.79 Å². The molecule has 4 aromatic carbocycles. The predicted octanol–water partition coefficient (Wildman–Crippen LogP) is 5.38. The SMILES string of the molecule is O=C(CNc1ccc2ccccc2c1)NN=Cc1cc(Br)ccc1OC(=O)c1ccccc1. The van der Waals surface area contributed by atoms with E-state index in [0.29, 0.717) is 16.9 Å². The summed E-state index contributed by atoms with van der Waals surface area (Å²) in [5.74, 6) is -0.451. The van der Waals surface area contributed by atoms with Crippen LogP contribution in [0, 0.1) is 0 Å². The smallest absolute Gasteiger partial charge is 0.343 e. The average molecular weight is 502 g/mol. The molecular formula is C26H20BrN3O3. The second kappa shape index (κ2) is 10.6. The van der Waals surface area contributed by atoms with E-state index in [1.54, 1.807) is 42.5 Å². The van der Waals surface area contributed by atoms with Gasteiger partial charge >= 0.3 is 5.97 Å². The van der Waals surface area contributed by atoms with E-state index in [0.717, 1.165) is 20.9 Å². The molecule has 0 bridgehead atoms. The number of esters is 1. The van der Waals surface area contributed by atoms with Gasteiger partial charge < -0.3 is 10.1 Å². The first-order valence-corrected chi connectivity index (χ1v) is 11.0. The Kier molecular flexibility index (Phi) is 7.12. The maximum atomic E-state index is 12.4. The van der Waals surface area contributed by atoms with Crippen molar-refractivity contribution in [2.75, 3.05) is 11.9 Å². The summed E-state index contributed by atoms with van der Waals surface area (Å²) >= 11 is 3.40. The molecule has 33 heavy (non-hydrogen) atoms. The first-order chi connectivity index (χ1) is 16.1. The number of hydrogen-bond acceptors (Lipinski definition) is 5. The number of hydrogen-bond donors (Lipinski definition) is 2. The van der Waals surface area contributed by atoms with Gasteiger partial charge in [0.1, 0.15) is 5.75 Å². The summed E-state index contributed by atoms with van der Waals surface area (Å²) in [6.45, 7) is 0.0595.